The van der Waals surface area contributed by atoms with Gasteiger partial charge in [-0.05, 0) is 42.8 Å². The monoisotopic (exact) mass is 381 g/mol. The number of anilines is 1. The Morgan fingerprint density at radius 1 is 1.23 bits per heavy atom. The molecule has 2 radical (unpaired) electrons. The van der Waals surface area contributed by atoms with Crippen molar-refractivity contribution in [2.75, 3.05) is 5.32 Å². The minimum atomic E-state index is -0.298. The largest absolute Gasteiger partial charge is 0.365 e. The zero-order chi connectivity index (χ0) is 18.5. The van der Waals surface area contributed by atoms with Gasteiger partial charge in [0.05, 0.1) is 18.2 Å². The van der Waals surface area contributed by atoms with Crippen molar-refractivity contribution >= 4 is 43.1 Å². The van der Waals surface area contributed by atoms with Gasteiger partial charge in [-0.1, -0.05) is 21.9 Å². The van der Waals surface area contributed by atoms with Crippen LogP contribution in [0.15, 0.2) is 54.7 Å². The van der Waals surface area contributed by atoms with Crippen LogP contribution in [0.4, 0.5) is 10.2 Å². The summed E-state index contributed by atoms with van der Waals surface area (Å²) in [6, 6.07) is 13.4. The van der Waals surface area contributed by atoms with Crippen LogP contribution in [0, 0.1) is 5.82 Å². The highest BCUT2D eigenvalue weighted by atomic mass is 32.1. The lowest BCUT2D eigenvalue weighted by Gasteiger charge is -2.16. The van der Waals surface area contributed by atoms with Gasteiger partial charge in [-0.3, -0.25) is 4.79 Å². The normalized spacial score (nSPS) is 11.8. The Labute approximate surface area is 163 Å². The molecule has 1 amide bonds. The lowest BCUT2D eigenvalue weighted by molar-refractivity contribution is 0.0940. The number of benzene rings is 1. The second-order valence-electron chi connectivity index (χ2n) is 5.80. The number of thiophene rings is 1. The quantitative estimate of drug-likeness (QED) is 0.645. The Morgan fingerprint density at radius 2 is 2.00 bits per heavy atom. The van der Waals surface area contributed by atoms with Crippen LogP contribution in [0.3, 0.4) is 0 Å². The van der Waals surface area contributed by atoms with E-state index < -0.39 is 0 Å². The molecule has 0 saturated carbocycles. The number of hydrogen-bond donors (Lipinski definition) is 2. The summed E-state index contributed by atoms with van der Waals surface area (Å²) in [6.07, 6.45) is 1.65. The van der Waals surface area contributed by atoms with Gasteiger partial charge in [-0.25, -0.2) is 9.37 Å². The van der Waals surface area contributed by atoms with E-state index in [-0.39, 0.29) is 17.8 Å². The first-order valence-corrected chi connectivity index (χ1v) is 9.51. The zero-order valence-corrected chi connectivity index (χ0v) is 16.2. The molecule has 0 fully saturated rings. The molecular weight excluding hydrogens is 364 g/mol. The van der Waals surface area contributed by atoms with Crippen LogP contribution in [0.25, 0.3) is 0 Å². The molecule has 1 atom stereocenters. The van der Waals surface area contributed by atoms with Crippen molar-refractivity contribution in [1.82, 2.24) is 10.3 Å². The number of amides is 1. The number of carbonyl (C=O) groups is 1. The summed E-state index contributed by atoms with van der Waals surface area (Å²) in [6.45, 7) is 2.46. The molecule has 1 aromatic carbocycles. The number of carbonyl (C=O) groups excluding carboxylic acids is 1. The molecule has 130 valence electrons. The van der Waals surface area contributed by atoms with Crippen molar-refractivity contribution in [2.24, 2.45) is 0 Å². The summed E-state index contributed by atoms with van der Waals surface area (Å²) in [5.41, 5.74) is 1.31. The van der Waals surface area contributed by atoms with Gasteiger partial charge in [0, 0.05) is 11.1 Å². The third kappa shape index (κ3) is 4.70. The second kappa shape index (κ2) is 8.46. The van der Waals surface area contributed by atoms with Crippen LogP contribution >= 0.6 is 11.3 Å². The van der Waals surface area contributed by atoms with E-state index in [1.165, 1.54) is 12.1 Å². The fraction of sp³-hybridized carbons (Fsp3) is 0.158. The third-order valence-corrected chi connectivity index (χ3v) is 5.34. The van der Waals surface area contributed by atoms with Crippen molar-refractivity contribution in [1.29, 1.82) is 0 Å². The average Bonchev–Trinajstić information content (AvgIpc) is 3.06. The fourth-order valence-electron chi connectivity index (χ4n) is 2.50. The molecule has 2 N–H and O–H groups in total. The predicted octanol–water partition coefficient (Wildman–Crippen LogP) is 3.18. The molecule has 0 bridgehead atoms. The number of pyridine rings is 1. The van der Waals surface area contributed by atoms with Gasteiger partial charge < -0.3 is 10.6 Å². The molecule has 4 nitrogen and oxygen atoms in total. The molecule has 0 aliphatic rings. The van der Waals surface area contributed by atoms with Gasteiger partial charge in [0.2, 0.25) is 0 Å². The van der Waals surface area contributed by atoms with E-state index in [0.29, 0.717) is 17.9 Å². The van der Waals surface area contributed by atoms with Crippen molar-refractivity contribution < 1.29 is 9.18 Å². The molecule has 0 unspecified atom stereocenters. The van der Waals surface area contributed by atoms with E-state index in [2.05, 4.69) is 31.9 Å². The van der Waals surface area contributed by atoms with E-state index >= 15 is 0 Å². The van der Waals surface area contributed by atoms with Gasteiger partial charge in [0.15, 0.2) is 16.3 Å². The summed E-state index contributed by atoms with van der Waals surface area (Å²) in [5, 5.41) is 6.16. The van der Waals surface area contributed by atoms with E-state index in [0.717, 1.165) is 14.2 Å². The molecule has 3 rings (SSSR count). The Hall–Kier alpha value is -2.20. The molecular formula is C19H17AlFN3OS. The number of hydrogen-bond acceptors (Lipinski definition) is 4. The first-order chi connectivity index (χ1) is 12.5. The SMILES string of the molecule is C[C@H](NC(=O)c1cccnc1NCc1cc[c]([Al])s1)c1ccc(F)cc1. The van der Waals surface area contributed by atoms with E-state index in [1.807, 2.05) is 19.1 Å². The van der Waals surface area contributed by atoms with Crippen LogP contribution in [-0.4, -0.2) is 27.2 Å². The highest BCUT2D eigenvalue weighted by Gasteiger charge is 2.15. The third-order valence-electron chi connectivity index (χ3n) is 3.88. The van der Waals surface area contributed by atoms with Crippen LogP contribution < -0.4 is 14.4 Å². The van der Waals surface area contributed by atoms with Crippen LogP contribution in [-0.2, 0) is 6.54 Å². The molecule has 7 heteroatoms. The van der Waals surface area contributed by atoms with E-state index in [9.17, 15) is 9.18 Å². The smallest absolute Gasteiger partial charge is 0.255 e. The lowest BCUT2D eigenvalue weighted by Crippen LogP contribution is -2.27. The fourth-order valence-corrected chi connectivity index (χ4v) is 3.77. The van der Waals surface area contributed by atoms with Gasteiger partial charge >= 0.3 is 0 Å². The number of nitrogens with one attached hydrogen (secondary N) is 2. The molecule has 0 spiro atoms. The first kappa shape index (κ1) is 18.6. The lowest BCUT2D eigenvalue weighted by atomic mass is 10.1. The maximum atomic E-state index is 13.1. The molecule has 0 saturated heterocycles. The Bertz CT molecular complexity index is 898. The molecule has 2 aromatic heterocycles. The van der Waals surface area contributed by atoms with Gasteiger partial charge in [-0.2, -0.15) is 11.3 Å². The van der Waals surface area contributed by atoms with E-state index in [4.69, 9.17) is 0 Å². The van der Waals surface area contributed by atoms with E-state index in [1.54, 1.807) is 41.8 Å². The van der Waals surface area contributed by atoms with Crippen molar-refractivity contribution in [3.05, 3.63) is 76.5 Å². The second-order valence-corrected chi connectivity index (χ2v) is 8.04. The molecule has 0 aliphatic heterocycles. The topological polar surface area (TPSA) is 54.0 Å². The van der Waals surface area contributed by atoms with Crippen LogP contribution in [0.2, 0.25) is 0 Å². The summed E-state index contributed by atoms with van der Waals surface area (Å²) >= 11 is 4.34. The Morgan fingerprint density at radius 3 is 2.69 bits per heavy atom. The Balaban J connectivity index is 1.69. The number of rotatable bonds is 6. The van der Waals surface area contributed by atoms with Gasteiger partial charge in [-0.15, -0.1) is 0 Å². The summed E-state index contributed by atoms with van der Waals surface area (Å²) in [4.78, 5) is 18.1. The maximum Gasteiger partial charge on any atom is 0.255 e. The molecule has 26 heavy (non-hydrogen) atoms. The first-order valence-electron chi connectivity index (χ1n) is 8.12. The minimum Gasteiger partial charge on any atom is -0.365 e. The van der Waals surface area contributed by atoms with Crippen molar-refractivity contribution in [2.45, 2.75) is 19.5 Å². The average molecular weight is 381 g/mol. The van der Waals surface area contributed by atoms with Gasteiger partial charge in [0.25, 0.3) is 5.91 Å². The maximum absolute atomic E-state index is 13.1. The van der Waals surface area contributed by atoms with Crippen molar-refractivity contribution in [3.8, 4) is 0 Å². The van der Waals surface area contributed by atoms with Crippen LogP contribution in [0.1, 0.15) is 33.8 Å². The summed E-state index contributed by atoms with van der Waals surface area (Å²) in [5.74, 6) is 0.0126. The molecule has 0 aliphatic carbocycles. The Kier molecular flexibility index (Phi) is 6.05. The number of halogens is 1. The van der Waals surface area contributed by atoms with Crippen molar-refractivity contribution in [3.63, 3.8) is 0 Å². The van der Waals surface area contributed by atoms with Gasteiger partial charge in [0.1, 0.15) is 11.6 Å². The zero-order valence-electron chi connectivity index (χ0n) is 14.2. The van der Waals surface area contributed by atoms with Crippen LogP contribution in [0.5, 0.6) is 0 Å². The molecule has 2 heterocycles. The predicted molar refractivity (Wildman–Crippen MR) is 104 cm³/mol. The number of nitrogens with zero attached hydrogens (tertiary/aromatic N) is 1. The molecule has 3 aromatic rings. The minimum absolute atomic E-state index is 0.227. The standard InChI is InChI=1S/C19H17FN3OS.Al/c1-13(14-6-8-15(20)9-7-14)23-19(24)17-5-2-10-21-18(17)22-12-16-4-3-11-25-16;/h2-10,13H,12H2,1H3,(H,21,22)(H,23,24);/t13-;/m0./s1. The highest BCUT2D eigenvalue weighted by molar-refractivity contribution is 7.20. The highest BCUT2D eigenvalue weighted by Crippen LogP contribution is 2.17. The summed E-state index contributed by atoms with van der Waals surface area (Å²) < 4.78 is 14.2. The number of aromatic nitrogens is 1. The summed E-state index contributed by atoms with van der Waals surface area (Å²) in [7, 11) is 0.